The maximum absolute atomic E-state index is 13.5. The van der Waals surface area contributed by atoms with Gasteiger partial charge in [0.15, 0.2) is 0 Å². The fourth-order valence-corrected chi connectivity index (χ4v) is 4.20. The molecular formula is C26H33NO4. The highest BCUT2D eigenvalue weighted by Gasteiger charge is 2.42. The van der Waals surface area contributed by atoms with Crippen LogP contribution in [0.1, 0.15) is 74.4 Å². The molecule has 3 rings (SSSR count). The van der Waals surface area contributed by atoms with E-state index >= 15 is 0 Å². The summed E-state index contributed by atoms with van der Waals surface area (Å²) >= 11 is 0. The van der Waals surface area contributed by atoms with Crippen LogP contribution in [-0.2, 0) is 14.9 Å². The number of esters is 1. The fourth-order valence-electron chi connectivity index (χ4n) is 4.20. The van der Waals surface area contributed by atoms with Gasteiger partial charge in [-0.15, -0.1) is 0 Å². The number of nitrogens with one attached hydrogen (secondary N) is 1. The third-order valence-electron chi connectivity index (χ3n) is 6.10. The van der Waals surface area contributed by atoms with Crippen LogP contribution in [0.4, 0.5) is 5.69 Å². The molecule has 0 heterocycles. The first kappa shape index (κ1) is 22.9. The summed E-state index contributed by atoms with van der Waals surface area (Å²) in [6, 6.07) is 13.4. The maximum Gasteiger partial charge on any atom is 0.341 e. The van der Waals surface area contributed by atoms with Crippen molar-refractivity contribution in [3.8, 4) is 5.75 Å². The molecule has 1 aliphatic carbocycles. The first-order valence-electron chi connectivity index (χ1n) is 11.3. The van der Waals surface area contributed by atoms with Gasteiger partial charge in [-0.05, 0) is 63.8 Å². The van der Waals surface area contributed by atoms with Crippen LogP contribution < -0.4 is 10.1 Å². The molecule has 1 aliphatic rings. The molecule has 5 heteroatoms. The molecule has 1 N–H and O–H groups in total. The highest BCUT2D eigenvalue weighted by molar-refractivity contribution is 6.01. The van der Waals surface area contributed by atoms with Gasteiger partial charge in [0, 0.05) is 5.69 Å². The van der Waals surface area contributed by atoms with Gasteiger partial charge in [-0.3, -0.25) is 4.79 Å². The van der Waals surface area contributed by atoms with E-state index in [0.717, 1.165) is 43.2 Å². The standard InChI is InChI=1S/C26H33NO4/c1-5-19(4)31-23-13-12-21(17-22(23)24(28)30-6-2)27-25(29)26(14-7-8-15-26)20-11-9-10-18(3)16-20/h9-13,16-17,19H,5-8,14-15H2,1-4H3,(H,27,29)/t19-/m0/s1. The Balaban J connectivity index is 1.90. The van der Waals surface area contributed by atoms with Crippen molar-refractivity contribution in [2.75, 3.05) is 11.9 Å². The number of hydrogen-bond acceptors (Lipinski definition) is 4. The van der Waals surface area contributed by atoms with Gasteiger partial charge in [0.1, 0.15) is 11.3 Å². The van der Waals surface area contributed by atoms with Crippen molar-refractivity contribution in [2.24, 2.45) is 0 Å². The Hall–Kier alpha value is -2.82. The van der Waals surface area contributed by atoms with Crippen molar-refractivity contribution in [3.05, 3.63) is 59.2 Å². The monoisotopic (exact) mass is 423 g/mol. The zero-order valence-electron chi connectivity index (χ0n) is 19.0. The van der Waals surface area contributed by atoms with E-state index in [9.17, 15) is 9.59 Å². The first-order valence-corrected chi connectivity index (χ1v) is 11.3. The van der Waals surface area contributed by atoms with E-state index < -0.39 is 11.4 Å². The molecule has 166 valence electrons. The van der Waals surface area contributed by atoms with E-state index in [-0.39, 0.29) is 18.6 Å². The van der Waals surface area contributed by atoms with Crippen LogP contribution in [0.15, 0.2) is 42.5 Å². The molecule has 0 saturated heterocycles. The summed E-state index contributed by atoms with van der Waals surface area (Å²) in [4.78, 5) is 26.0. The second-order valence-electron chi connectivity index (χ2n) is 8.38. The second-order valence-corrected chi connectivity index (χ2v) is 8.38. The number of hydrogen-bond donors (Lipinski definition) is 1. The van der Waals surface area contributed by atoms with Crippen LogP contribution in [0, 0.1) is 6.92 Å². The van der Waals surface area contributed by atoms with Gasteiger partial charge in [0.25, 0.3) is 0 Å². The van der Waals surface area contributed by atoms with Crippen molar-refractivity contribution in [3.63, 3.8) is 0 Å². The van der Waals surface area contributed by atoms with Crippen molar-refractivity contribution in [1.29, 1.82) is 0 Å². The molecule has 0 unspecified atom stereocenters. The van der Waals surface area contributed by atoms with Crippen molar-refractivity contribution >= 4 is 17.6 Å². The molecule has 0 aliphatic heterocycles. The summed E-state index contributed by atoms with van der Waals surface area (Å²) in [5, 5.41) is 3.07. The number of carbonyl (C=O) groups excluding carboxylic acids is 2. The minimum atomic E-state index is -0.540. The van der Waals surface area contributed by atoms with Crippen LogP contribution in [0.3, 0.4) is 0 Å². The predicted molar refractivity (Wildman–Crippen MR) is 123 cm³/mol. The van der Waals surface area contributed by atoms with Gasteiger partial charge in [-0.2, -0.15) is 0 Å². The quantitative estimate of drug-likeness (QED) is 0.545. The highest BCUT2D eigenvalue weighted by atomic mass is 16.5. The molecule has 0 bridgehead atoms. The Labute approximate surface area is 185 Å². The highest BCUT2D eigenvalue weighted by Crippen LogP contribution is 2.42. The zero-order valence-corrected chi connectivity index (χ0v) is 19.0. The summed E-state index contributed by atoms with van der Waals surface area (Å²) in [7, 11) is 0. The van der Waals surface area contributed by atoms with Crippen molar-refractivity contribution in [2.45, 2.75) is 71.3 Å². The molecular weight excluding hydrogens is 390 g/mol. The summed E-state index contributed by atoms with van der Waals surface area (Å²) in [5.41, 5.74) is 2.57. The third-order valence-corrected chi connectivity index (χ3v) is 6.10. The normalized spacial score (nSPS) is 15.9. The molecule has 1 fully saturated rings. The molecule has 2 aromatic rings. The van der Waals surface area contributed by atoms with Gasteiger partial charge >= 0.3 is 5.97 Å². The molecule has 0 aromatic heterocycles. The average molecular weight is 424 g/mol. The molecule has 5 nitrogen and oxygen atoms in total. The van der Waals surface area contributed by atoms with Gasteiger partial charge < -0.3 is 14.8 Å². The Morgan fingerprint density at radius 2 is 1.84 bits per heavy atom. The molecule has 2 aromatic carbocycles. The Morgan fingerprint density at radius 3 is 2.48 bits per heavy atom. The van der Waals surface area contributed by atoms with Crippen LogP contribution in [0.5, 0.6) is 5.75 Å². The smallest absolute Gasteiger partial charge is 0.341 e. The minimum Gasteiger partial charge on any atom is -0.490 e. The maximum atomic E-state index is 13.5. The molecule has 1 atom stereocenters. The van der Waals surface area contributed by atoms with E-state index in [2.05, 4.69) is 11.4 Å². The van der Waals surface area contributed by atoms with E-state index in [1.165, 1.54) is 0 Å². The number of carbonyl (C=O) groups is 2. The number of ether oxygens (including phenoxy) is 2. The lowest BCUT2D eigenvalue weighted by Gasteiger charge is -2.29. The van der Waals surface area contributed by atoms with E-state index in [1.807, 2.05) is 39.0 Å². The van der Waals surface area contributed by atoms with E-state index in [4.69, 9.17) is 9.47 Å². The Morgan fingerprint density at radius 1 is 1.10 bits per heavy atom. The fraction of sp³-hybridized carbons (Fsp3) is 0.462. The Kier molecular flexibility index (Phi) is 7.37. The summed E-state index contributed by atoms with van der Waals surface area (Å²) in [6.45, 7) is 8.07. The molecule has 0 spiro atoms. The molecule has 0 radical (unpaired) electrons. The number of rotatable bonds is 8. The number of aryl methyl sites for hydroxylation is 1. The first-order chi connectivity index (χ1) is 14.9. The van der Waals surface area contributed by atoms with Gasteiger partial charge in [0.05, 0.1) is 18.1 Å². The largest absolute Gasteiger partial charge is 0.490 e. The van der Waals surface area contributed by atoms with Gasteiger partial charge in [-0.25, -0.2) is 4.79 Å². The lowest BCUT2D eigenvalue weighted by molar-refractivity contribution is -0.121. The topological polar surface area (TPSA) is 64.6 Å². The molecule has 31 heavy (non-hydrogen) atoms. The summed E-state index contributed by atoms with van der Waals surface area (Å²) in [5.74, 6) is -0.00719. The minimum absolute atomic E-state index is 0.0268. The van der Waals surface area contributed by atoms with Crippen LogP contribution in [0.2, 0.25) is 0 Å². The number of anilines is 1. The number of amides is 1. The number of benzene rings is 2. The SMILES string of the molecule is CCOC(=O)c1cc(NC(=O)C2(c3cccc(C)c3)CCCC2)ccc1O[C@@H](C)CC. The van der Waals surface area contributed by atoms with E-state index in [1.54, 1.807) is 25.1 Å². The summed E-state index contributed by atoms with van der Waals surface area (Å²) < 4.78 is 11.1. The second kappa shape index (κ2) is 9.99. The molecule has 1 amide bonds. The zero-order chi connectivity index (χ0) is 22.4. The van der Waals surface area contributed by atoms with E-state index in [0.29, 0.717) is 17.0 Å². The average Bonchev–Trinajstić information content (AvgIpc) is 3.26. The van der Waals surface area contributed by atoms with Crippen LogP contribution >= 0.6 is 0 Å². The molecule has 1 saturated carbocycles. The van der Waals surface area contributed by atoms with Crippen molar-refractivity contribution in [1.82, 2.24) is 0 Å². The lowest BCUT2D eigenvalue weighted by Crippen LogP contribution is -2.38. The summed E-state index contributed by atoms with van der Waals surface area (Å²) in [6.07, 6.45) is 4.48. The lowest BCUT2D eigenvalue weighted by atomic mass is 9.77. The Bertz CT molecular complexity index is 931. The predicted octanol–water partition coefficient (Wildman–Crippen LogP) is 5.80. The third kappa shape index (κ3) is 5.09. The van der Waals surface area contributed by atoms with Gasteiger partial charge in [0.2, 0.25) is 5.91 Å². The van der Waals surface area contributed by atoms with Crippen molar-refractivity contribution < 1.29 is 19.1 Å². The van der Waals surface area contributed by atoms with Crippen LogP contribution in [-0.4, -0.2) is 24.6 Å². The van der Waals surface area contributed by atoms with Gasteiger partial charge in [-0.1, -0.05) is 49.6 Å². The van der Waals surface area contributed by atoms with Crippen LogP contribution in [0.25, 0.3) is 0 Å².